The molecule has 0 aromatic heterocycles. The fraction of sp³-hybridized carbons (Fsp3) is 0.500. The van der Waals surface area contributed by atoms with Crippen molar-refractivity contribution in [2.75, 3.05) is 19.7 Å². The van der Waals surface area contributed by atoms with Gasteiger partial charge < -0.3 is 9.64 Å². The maximum absolute atomic E-state index is 12.0. The molecule has 0 bridgehead atoms. The first kappa shape index (κ1) is 12.0. The summed E-state index contributed by atoms with van der Waals surface area (Å²) >= 11 is 0. The average Bonchev–Trinajstić information content (AvgIpc) is 2.74. The van der Waals surface area contributed by atoms with E-state index in [2.05, 4.69) is 6.07 Å². The maximum atomic E-state index is 12.0. The monoisotopic (exact) mass is 233 g/mol. The summed E-state index contributed by atoms with van der Waals surface area (Å²) in [5.41, 5.74) is 1.17. The summed E-state index contributed by atoms with van der Waals surface area (Å²) in [6, 6.07) is 8.00. The molecule has 1 unspecified atom stereocenters. The molecule has 1 amide bonds. The van der Waals surface area contributed by atoms with Gasteiger partial charge >= 0.3 is 0 Å². The molecule has 92 valence electrons. The number of carbonyl (C=O) groups is 1. The highest BCUT2D eigenvalue weighted by molar-refractivity contribution is 5.77. The molecule has 1 aromatic carbocycles. The molecule has 2 rings (SSSR count). The maximum Gasteiger partial charge on any atom is 0.223 e. The molecular formula is C14H19NO2. The summed E-state index contributed by atoms with van der Waals surface area (Å²) in [4.78, 5) is 13.9. The summed E-state index contributed by atoms with van der Waals surface area (Å²) in [5, 5.41) is 0. The largest absolute Gasteiger partial charge is 0.493 e. The van der Waals surface area contributed by atoms with Gasteiger partial charge in [0.05, 0.1) is 6.61 Å². The van der Waals surface area contributed by atoms with Crippen molar-refractivity contribution < 1.29 is 9.53 Å². The summed E-state index contributed by atoms with van der Waals surface area (Å²) in [5.74, 6) is 1.38. The SMILES string of the molecule is CCN(CC)C(=O)CC1COc2ccccc21. The lowest BCUT2D eigenvalue weighted by molar-refractivity contribution is -0.131. The number of benzene rings is 1. The van der Waals surface area contributed by atoms with Crippen LogP contribution in [0.4, 0.5) is 0 Å². The molecule has 1 atom stereocenters. The number of amides is 1. The molecule has 3 heteroatoms. The van der Waals surface area contributed by atoms with Gasteiger partial charge in [-0.05, 0) is 19.9 Å². The number of nitrogens with zero attached hydrogens (tertiary/aromatic N) is 1. The van der Waals surface area contributed by atoms with Crippen LogP contribution in [0.1, 0.15) is 31.7 Å². The van der Waals surface area contributed by atoms with Crippen LogP contribution in [0.3, 0.4) is 0 Å². The second-order valence-corrected chi connectivity index (χ2v) is 4.32. The normalized spacial score (nSPS) is 17.4. The van der Waals surface area contributed by atoms with Crippen LogP contribution in [0.25, 0.3) is 0 Å². The number of fused-ring (bicyclic) bond motifs is 1. The van der Waals surface area contributed by atoms with Gasteiger partial charge in [0.15, 0.2) is 0 Å². The van der Waals surface area contributed by atoms with Crippen molar-refractivity contribution in [2.45, 2.75) is 26.2 Å². The van der Waals surface area contributed by atoms with Crippen molar-refractivity contribution in [1.82, 2.24) is 4.90 Å². The van der Waals surface area contributed by atoms with Gasteiger partial charge in [-0.2, -0.15) is 0 Å². The minimum atomic E-state index is 0.222. The molecule has 0 saturated heterocycles. The number of carbonyl (C=O) groups excluding carboxylic acids is 1. The molecule has 0 fully saturated rings. The van der Waals surface area contributed by atoms with Gasteiger partial charge in [0.2, 0.25) is 5.91 Å². The van der Waals surface area contributed by atoms with E-state index in [1.807, 2.05) is 36.9 Å². The molecule has 0 N–H and O–H groups in total. The van der Waals surface area contributed by atoms with E-state index in [4.69, 9.17) is 4.74 Å². The molecule has 0 aliphatic carbocycles. The zero-order valence-corrected chi connectivity index (χ0v) is 10.5. The van der Waals surface area contributed by atoms with Gasteiger partial charge in [-0.25, -0.2) is 0 Å². The Kier molecular flexibility index (Phi) is 3.67. The zero-order chi connectivity index (χ0) is 12.3. The first-order valence-corrected chi connectivity index (χ1v) is 6.25. The Labute approximate surface area is 102 Å². The second-order valence-electron chi connectivity index (χ2n) is 4.32. The van der Waals surface area contributed by atoms with E-state index in [-0.39, 0.29) is 11.8 Å². The highest BCUT2D eigenvalue weighted by Crippen LogP contribution is 2.35. The Morgan fingerprint density at radius 1 is 1.35 bits per heavy atom. The summed E-state index contributed by atoms with van der Waals surface area (Å²) in [6.45, 7) is 6.22. The lowest BCUT2D eigenvalue weighted by Gasteiger charge is -2.20. The van der Waals surface area contributed by atoms with Gasteiger partial charge in [-0.15, -0.1) is 0 Å². The molecule has 3 nitrogen and oxygen atoms in total. The fourth-order valence-corrected chi connectivity index (χ4v) is 2.31. The third kappa shape index (κ3) is 2.43. The van der Waals surface area contributed by atoms with Gasteiger partial charge in [-0.1, -0.05) is 18.2 Å². The van der Waals surface area contributed by atoms with Crippen molar-refractivity contribution in [3.05, 3.63) is 29.8 Å². The second kappa shape index (κ2) is 5.21. The predicted molar refractivity (Wildman–Crippen MR) is 67.2 cm³/mol. The standard InChI is InChI=1S/C14H19NO2/c1-3-15(4-2)14(16)9-11-10-17-13-8-6-5-7-12(11)13/h5-8,11H,3-4,9-10H2,1-2H3. The molecule has 0 spiro atoms. The number of hydrogen-bond donors (Lipinski definition) is 0. The Morgan fingerprint density at radius 2 is 2.06 bits per heavy atom. The van der Waals surface area contributed by atoms with E-state index >= 15 is 0 Å². The molecule has 1 aliphatic rings. The van der Waals surface area contributed by atoms with E-state index in [9.17, 15) is 4.79 Å². The number of para-hydroxylation sites is 1. The van der Waals surface area contributed by atoms with Crippen LogP contribution < -0.4 is 4.74 Å². The fourth-order valence-electron chi connectivity index (χ4n) is 2.31. The quantitative estimate of drug-likeness (QED) is 0.799. The lowest BCUT2D eigenvalue weighted by atomic mass is 9.97. The minimum Gasteiger partial charge on any atom is -0.493 e. The van der Waals surface area contributed by atoms with Crippen LogP contribution in [0.15, 0.2) is 24.3 Å². The van der Waals surface area contributed by atoms with Crippen LogP contribution in [-0.4, -0.2) is 30.5 Å². The highest BCUT2D eigenvalue weighted by atomic mass is 16.5. The Balaban J connectivity index is 2.04. The van der Waals surface area contributed by atoms with Gasteiger partial charge in [0.1, 0.15) is 5.75 Å². The smallest absolute Gasteiger partial charge is 0.223 e. The van der Waals surface area contributed by atoms with Crippen LogP contribution in [0.2, 0.25) is 0 Å². The van der Waals surface area contributed by atoms with Gasteiger partial charge in [-0.3, -0.25) is 4.79 Å². The summed E-state index contributed by atoms with van der Waals surface area (Å²) in [7, 11) is 0. The summed E-state index contributed by atoms with van der Waals surface area (Å²) in [6.07, 6.45) is 0.554. The van der Waals surface area contributed by atoms with Crippen LogP contribution in [0, 0.1) is 0 Å². The third-order valence-corrected chi connectivity index (χ3v) is 3.34. The molecule has 17 heavy (non-hydrogen) atoms. The Hall–Kier alpha value is -1.51. The van der Waals surface area contributed by atoms with Crippen molar-refractivity contribution in [2.24, 2.45) is 0 Å². The van der Waals surface area contributed by atoms with Crippen LogP contribution in [0.5, 0.6) is 5.75 Å². The van der Waals surface area contributed by atoms with Crippen LogP contribution >= 0.6 is 0 Å². The number of hydrogen-bond acceptors (Lipinski definition) is 2. The van der Waals surface area contributed by atoms with E-state index in [1.54, 1.807) is 0 Å². The number of ether oxygens (including phenoxy) is 1. The van der Waals surface area contributed by atoms with Crippen molar-refractivity contribution in [3.8, 4) is 5.75 Å². The van der Waals surface area contributed by atoms with E-state index in [1.165, 1.54) is 5.56 Å². The van der Waals surface area contributed by atoms with E-state index in [0.717, 1.165) is 18.8 Å². The Bertz CT molecular complexity index is 399. The molecule has 0 radical (unpaired) electrons. The Morgan fingerprint density at radius 3 is 2.76 bits per heavy atom. The lowest BCUT2D eigenvalue weighted by Crippen LogP contribution is -2.31. The molecular weight excluding hydrogens is 214 g/mol. The van der Waals surface area contributed by atoms with Crippen molar-refractivity contribution in [3.63, 3.8) is 0 Å². The third-order valence-electron chi connectivity index (χ3n) is 3.34. The van der Waals surface area contributed by atoms with Crippen molar-refractivity contribution >= 4 is 5.91 Å². The molecule has 0 saturated carbocycles. The zero-order valence-electron chi connectivity index (χ0n) is 10.5. The summed E-state index contributed by atoms with van der Waals surface area (Å²) < 4.78 is 5.59. The minimum absolute atomic E-state index is 0.222. The molecule has 1 aliphatic heterocycles. The van der Waals surface area contributed by atoms with Crippen molar-refractivity contribution in [1.29, 1.82) is 0 Å². The molecule has 1 heterocycles. The number of rotatable bonds is 4. The van der Waals surface area contributed by atoms with Crippen LogP contribution in [-0.2, 0) is 4.79 Å². The van der Waals surface area contributed by atoms with E-state index < -0.39 is 0 Å². The first-order chi connectivity index (χ1) is 8.26. The predicted octanol–water partition coefficient (Wildman–Crippen LogP) is 2.42. The first-order valence-electron chi connectivity index (χ1n) is 6.25. The van der Waals surface area contributed by atoms with Gasteiger partial charge in [0, 0.05) is 31.0 Å². The van der Waals surface area contributed by atoms with E-state index in [0.29, 0.717) is 13.0 Å². The molecule has 1 aromatic rings. The van der Waals surface area contributed by atoms with Gasteiger partial charge in [0.25, 0.3) is 0 Å². The average molecular weight is 233 g/mol. The topological polar surface area (TPSA) is 29.5 Å². The highest BCUT2D eigenvalue weighted by Gasteiger charge is 2.27.